The summed E-state index contributed by atoms with van der Waals surface area (Å²) in [6.45, 7) is 0. The van der Waals surface area contributed by atoms with Crippen LogP contribution in [0, 0.1) is 0 Å². The van der Waals surface area contributed by atoms with Crippen molar-refractivity contribution in [3.8, 4) is 17.3 Å². The fraction of sp³-hybridized carbons (Fsp3) is 0. The average molecular weight is 247 g/mol. The van der Waals surface area contributed by atoms with E-state index in [0.29, 0.717) is 16.6 Å². The minimum Gasteiger partial charge on any atom is -0.461 e. The first-order valence-electron chi connectivity index (χ1n) is 4.93. The second-order valence-corrected chi connectivity index (χ2v) is 3.79. The Labute approximate surface area is 102 Å². The summed E-state index contributed by atoms with van der Waals surface area (Å²) in [7, 11) is 0. The maximum atomic E-state index is 5.80. The van der Waals surface area contributed by atoms with Crippen molar-refractivity contribution in [1.82, 2.24) is 20.2 Å². The Kier molecular flexibility index (Phi) is 2.38. The molecule has 0 bridgehead atoms. The molecule has 2 heterocycles. The van der Waals surface area contributed by atoms with Crippen LogP contribution >= 0.6 is 11.6 Å². The molecule has 3 aromatic rings. The first-order chi connectivity index (χ1) is 8.33. The standard InChI is InChI=1S/C11H7ClN4O/c12-8-3-5-9(6-4-8)16-14-11(13-15-16)10-2-1-7-17-10/h1-7H. The molecule has 0 unspecified atom stereocenters. The van der Waals surface area contributed by atoms with Gasteiger partial charge in [-0.2, -0.15) is 0 Å². The molecule has 0 spiro atoms. The minimum atomic E-state index is 0.449. The number of hydrogen-bond acceptors (Lipinski definition) is 4. The predicted octanol–water partition coefficient (Wildman–Crippen LogP) is 2.58. The van der Waals surface area contributed by atoms with Crippen LogP contribution in [0.3, 0.4) is 0 Å². The van der Waals surface area contributed by atoms with Crippen LogP contribution in [0.2, 0.25) is 5.02 Å². The van der Waals surface area contributed by atoms with E-state index in [1.165, 1.54) is 4.80 Å². The van der Waals surface area contributed by atoms with E-state index in [1.807, 2.05) is 12.1 Å². The van der Waals surface area contributed by atoms with Gasteiger partial charge in [0.2, 0.25) is 5.82 Å². The first kappa shape index (κ1) is 10.0. The molecule has 3 rings (SSSR count). The summed E-state index contributed by atoms with van der Waals surface area (Å²) in [6.07, 6.45) is 1.57. The van der Waals surface area contributed by atoms with Crippen LogP contribution in [0.15, 0.2) is 47.1 Å². The summed E-state index contributed by atoms with van der Waals surface area (Å²) in [4.78, 5) is 1.42. The Bertz CT molecular complexity index is 615. The molecule has 0 N–H and O–H groups in total. The van der Waals surface area contributed by atoms with Crippen molar-refractivity contribution >= 4 is 11.6 Å². The normalized spacial score (nSPS) is 10.6. The molecule has 5 nitrogen and oxygen atoms in total. The molecule has 0 atom stereocenters. The van der Waals surface area contributed by atoms with Gasteiger partial charge in [0.15, 0.2) is 5.76 Å². The Balaban J connectivity index is 1.98. The molecular formula is C11H7ClN4O. The molecule has 1 aromatic carbocycles. The van der Waals surface area contributed by atoms with Gasteiger partial charge in [0.05, 0.1) is 12.0 Å². The molecule has 2 aromatic heterocycles. The van der Waals surface area contributed by atoms with E-state index in [2.05, 4.69) is 15.4 Å². The van der Waals surface area contributed by atoms with E-state index in [4.69, 9.17) is 16.0 Å². The predicted molar refractivity (Wildman–Crippen MR) is 61.9 cm³/mol. The van der Waals surface area contributed by atoms with Gasteiger partial charge in [0.1, 0.15) is 0 Å². The second-order valence-electron chi connectivity index (χ2n) is 3.36. The third-order valence-electron chi connectivity index (χ3n) is 2.21. The Hall–Kier alpha value is -2.14. The fourth-order valence-corrected chi connectivity index (χ4v) is 1.53. The number of rotatable bonds is 2. The molecule has 0 aliphatic carbocycles. The number of hydrogen-bond donors (Lipinski definition) is 0. The van der Waals surface area contributed by atoms with E-state index in [1.54, 1.807) is 30.5 Å². The molecule has 0 amide bonds. The summed E-state index contributed by atoms with van der Waals surface area (Å²) in [5.41, 5.74) is 0.791. The molecule has 0 aliphatic heterocycles. The van der Waals surface area contributed by atoms with Crippen molar-refractivity contribution in [1.29, 1.82) is 0 Å². The van der Waals surface area contributed by atoms with Crippen molar-refractivity contribution in [2.45, 2.75) is 0 Å². The molecule has 0 aliphatic rings. The van der Waals surface area contributed by atoms with Gasteiger partial charge in [-0.15, -0.1) is 15.0 Å². The van der Waals surface area contributed by atoms with Crippen molar-refractivity contribution in [3.63, 3.8) is 0 Å². The number of benzene rings is 1. The SMILES string of the molecule is Clc1ccc(-n2nnc(-c3ccco3)n2)cc1. The van der Waals surface area contributed by atoms with Crippen LogP contribution in [-0.4, -0.2) is 20.2 Å². The smallest absolute Gasteiger partial charge is 0.240 e. The maximum Gasteiger partial charge on any atom is 0.240 e. The van der Waals surface area contributed by atoms with Crippen molar-refractivity contribution < 1.29 is 4.42 Å². The molecule has 6 heteroatoms. The lowest BCUT2D eigenvalue weighted by Gasteiger charge is -1.96. The molecule has 84 valence electrons. The average Bonchev–Trinajstić information content (AvgIpc) is 3.00. The van der Waals surface area contributed by atoms with Gasteiger partial charge < -0.3 is 4.42 Å². The first-order valence-corrected chi connectivity index (χ1v) is 5.30. The van der Waals surface area contributed by atoms with Crippen LogP contribution in [0.4, 0.5) is 0 Å². The third-order valence-corrected chi connectivity index (χ3v) is 2.46. The van der Waals surface area contributed by atoms with E-state index in [9.17, 15) is 0 Å². The fourth-order valence-electron chi connectivity index (χ4n) is 1.40. The molecule has 0 saturated heterocycles. The number of nitrogens with zero attached hydrogens (tertiary/aromatic N) is 4. The zero-order chi connectivity index (χ0) is 11.7. The van der Waals surface area contributed by atoms with Crippen LogP contribution in [-0.2, 0) is 0 Å². The number of tetrazole rings is 1. The topological polar surface area (TPSA) is 56.7 Å². The lowest BCUT2D eigenvalue weighted by molar-refractivity contribution is 0.577. The highest BCUT2D eigenvalue weighted by Crippen LogP contribution is 2.15. The highest BCUT2D eigenvalue weighted by molar-refractivity contribution is 6.30. The zero-order valence-electron chi connectivity index (χ0n) is 8.62. The molecular weight excluding hydrogens is 240 g/mol. The maximum absolute atomic E-state index is 5.80. The largest absolute Gasteiger partial charge is 0.461 e. The third kappa shape index (κ3) is 1.92. The highest BCUT2D eigenvalue weighted by atomic mass is 35.5. The molecule has 0 radical (unpaired) electrons. The highest BCUT2D eigenvalue weighted by Gasteiger charge is 2.08. The minimum absolute atomic E-state index is 0.449. The lowest BCUT2D eigenvalue weighted by atomic mass is 10.3. The Morgan fingerprint density at radius 1 is 1.12 bits per heavy atom. The van der Waals surface area contributed by atoms with Crippen molar-refractivity contribution in [2.75, 3.05) is 0 Å². The van der Waals surface area contributed by atoms with Crippen LogP contribution in [0.5, 0.6) is 0 Å². The molecule has 0 fully saturated rings. The van der Waals surface area contributed by atoms with E-state index < -0.39 is 0 Å². The molecule has 17 heavy (non-hydrogen) atoms. The van der Waals surface area contributed by atoms with Gasteiger partial charge in [-0.1, -0.05) is 11.6 Å². The number of furan rings is 1. The molecule has 0 saturated carbocycles. The van der Waals surface area contributed by atoms with Gasteiger partial charge in [0.25, 0.3) is 0 Å². The lowest BCUT2D eigenvalue weighted by Crippen LogP contribution is -1.98. The van der Waals surface area contributed by atoms with Gasteiger partial charge in [0, 0.05) is 5.02 Å². The van der Waals surface area contributed by atoms with E-state index >= 15 is 0 Å². The van der Waals surface area contributed by atoms with E-state index in [-0.39, 0.29) is 0 Å². The van der Waals surface area contributed by atoms with Crippen molar-refractivity contribution in [3.05, 3.63) is 47.7 Å². The summed E-state index contributed by atoms with van der Waals surface area (Å²) in [5.74, 6) is 1.04. The Morgan fingerprint density at radius 2 is 1.94 bits per heavy atom. The zero-order valence-corrected chi connectivity index (χ0v) is 9.37. The summed E-state index contributed by atoms with van der Waals surface area (Å²) < 4.78 is 5.19. The van der Waals surface area contributed by atoms with Gasteiger partial charge in [-0.25, -0.2) is 0 Å². The van der Waals surface area contributed by atoms with Gasteiger partial charge >= 0.3 is 0 Å². The van der Waals surface area contributed by atoms with Crippen molar-refractivity contribution in [2.24, 2.45) is 0 Å². The summed E-state index contributed by atoms with van der Waals surface area (Å²) in [6, 6.07) is 10.7. The number of halogens is 1. The summed E-state index contributed by atoms with van der Waals surface area (Å²) in [5, 5.41) is 12.7. The van der Waals surface area contributed by atoms with Gasteiger partial charge in [-0.3, -0.25) is 0 Å². The van der Waals surface area contributed by atoms with Crippen LogP contribution in [0.1, 0.15) is 0 Å². The van der Waals surface area contributed by atoms with Crippen LogP contribution < -0.4 is 0 Å². The summed E-state index contributed by atoms with van der Waals surface area (Å²) >= 11 is 5.80. The van der Waals surface area contributed by atoms with E-state index in [0.717, 1.165) is 5.69 Å². The Morgan fingerprint density at radius 3 is 2.65 bits per heavy atom. The quantitative estimate of drug-likeness (QED) is 0.697. The van der Waals surface area contributed by atoms with Crippen LogP contribution in [0.25, 0.3) is 17.3 Å². The van der Waals surface area contributed by atoms with Gasteiger partial charge in [-0.05, 0) is 41.6 Å². The number of aromatic nitrogens is 4. The monoisotopic (exact) mass is 246 g/mol. The second kappa shape index (κ2) is 4.03.